The average Bonchev–Trinajstić information content (AvgIpc) is 2.75. The van der Waals surface area contributed by atoms with Crippen molar-refractivity contribution in [1.29, 1.82) is 0 Å². The normalized spacial score (nSPS) is 15.6. The first-order valence-corrected chi connectivity index (χ1v) is 10.1. The molecule has 0 aliphatic heterocycles. The molecule has 0 unspecified atom stereocenters. The summed E-state index contributed by atoms with van der Waals surface area (Å²) in [6.45, 7) is 2.34. The predicted molar refractivity (Wildman–Crippen MR) is 112 cm³/mol. The van der Waals surface area contributed by atoms with E-state index in [1.165, 1.54) is 30.6 Å². The molecule has 1 fully saturated rings. The third kappa shape index (κ3) is 5.77. The molecule has 29 heavy (non-hydrogen) atoms. The quantitative estimate of drug-likeness (QED) is 0.452. The minimum absolute atomic E-state index is 0.285. The number of ether oxygens (including phenoxy) is 1. The van der Waals surface area contributed by atoms with Gasteiger partial charge in [-0.3, -0.25) is 4.98 Å². The molecule has 2 aromatic rings. The first-order valence-electron chi connectivity index (χ1n) is 10.1. The van der Waals surface area contributed by atoms with Gasteiger partial charge in [-0.25, -0.2) is 15.8 Å². The zero-order valence-electron chi connectivity index (χ0n) is 17.1. The Kier molecular flexibility index (Phi) is 7.18. The Morgan fingerprint density at radius 3 is 2.66 bits per heavy atom. The van der Waals surface area contributed by atoms with E-state index in [9.17, 15) is 0 Å². The lowest BCUT2D eigenvalue weighted by Gasteiger charge is -2.23. The van der Waals surface area contributed by atoms with E-state index in [1.807, 2.05) is 19.1 Å². The van der Waals surface area contributed by atoms with E-state index >= 15 is 0 Å². The molecule has 1 aliphatic rings. The smallest absolute Gasteiger partial charge is 0.226 e. The van der Waals surface area contributed by atoms with Gasteiger partial charge in [-0.05, 0) is 37.8 Å². The van der Waals surface area contributed by atoms with Crippen LogP contribution in [0.4, 0.5) is 5.95 Å². The summed E-state index contributed by atoms with van der Waals surface area (Å²) in [5.74, 6) is 7.97. The molecule has 9 heteroatoms. The van der Waals surface area contributed by atoms with Gasteiger partial charge in [0.25, 0.3) is 0 Å². The number of nitrogens with two attached hydrogens (primary N) is 2. The van der Waals surface area contributed by atoms with Crippen LogP contribution in [0.25, 0.3) is 5.70 Å². The minimum Gasteiger partial charge on any atom is -0.489 e. The highest BCUT2D eigenvalue weighted by molar-refractivity contribution is 5.63. The fraction of sp³-hybridized carbons (Fsp3) is 0.500. The van der Waals surface area contributed by atoms with Gasteiger partial charge in [0.15, 0.2) is 0 Å². The summed E-state index contributed by atoms with van der Waals surface area (Å²) in [7, 11) is 1.73. The van der Waals surface area contributed by atoms with Crippen LogP contribution < -0.4 is 21.6 Å². The van der Waals surface area contributed by atoms with Crippen LogP contribution in [0.2, 0.25) is 0 Å². The first-order chi connectivity index (χ1) is 14.1. The third-order valence-corrected chi connectivity index (χ3v) is 4.96. The summed E-state index contributed by atoms with van der Waals surface area (Å²) >= 11 is 0. The van der Waals surface area contributed by atoms with Gasteiger partial charge in [0, 0.05) is 13.5 Å². The van der Waals surface area contributed by atoms with Gasteiger partial charge in [0.05, 0.1) is 35.9 Å². The predicted octanol–water partition coefficient (Wildman–Crippen LogP) is 2.09. The number of hydrazine groups is 1. The molecule has 0 atom stereocenters. The zero-order chi connectivity index (χ0) is 20.6. The van der Waals surface area contributed by atoms with Crippen molar-refractivity contribution in [3.05, 3.63) is 41.9 Å². The van der Waals surface area contributed by atoms with Crippen LogP contribution in [0, 0.1) is 0 Å². The van der Waals surface area contributed by atoms with Crippen molar-refractivity contribution in [1.82, 2.24) is 24.9 Å². The SMILES string of the molecule is CCc1ncnc(NC/C(=C(/N)c2ccc(OC3CCCCC3)cn2)N(C)N)n1. The Hall–Kier alpha value is -2.94. The van der Waals surface area contributed by atoms with Crippen molar-refractivity contribution in [3.8, 4) is 5.75 Å². The van der Waals surface area contributed by atoms with Crippen molar-refractivity contribution in [2.45, 2.75) is 51.6 Å². The number of hydrogen-bond donors (Lipinski definition) is 3. The van der Waals surface area contributed by atoms with Crippen LogP contribution in [0.5, 0.6) is 5.75 Å². The fourth-order valence-corrected chi connectivity index (χ4v) is 3.29. The van der Waals surface area contributed by atoms with Gasteiger partial charge in [-0.15, -0.1) is 0 Å². The molecule has 0 spiro atoms. The van der Waals surface area contributed by atoms with Gasteiger partial charge < -0.3 is 20.8 Å². The number of nitrogens with zero attached hydrogens (tertiary/aromatic N) is 5. The molecule has 0 bridgehead atoms. The molecule has 0 radical (unpaired) electrons. The molecule has 2 aromatic heterocycles. The summed E-state index contributed by atoms with van der Waals surface area (Å²) in [5.41, 5.74) is 8.16. The number of pyridine rings is 1. The molecule has 0 aromatic carbocycles. The van der Waals surface area contributed by atoms with Crippen LogP contribution in [0.1, 0.15) is 50.5 Å². The first kappa shape index (κ1) is 20.8. The van der Waals surface area contributed by atoms with E-state index in [0.717, 1.165) is 30.8 Å². The molecule has 5 N–H and O–H groups in total. The number of nitrogens with one attached hydrogen (secondary N) is 1. The average molecular weight is 399 g/mol. The van der Waals surface area contributed by atoms with Crippen LogP contribution in [0.3, 0.4) is 0 Å². The second kappa shape index (κ2) is 10.0. The number of rotatable bonds is 8. The lowest BCUT2D eigenvalue weighted by Crippen LogP contribution is -2.32. The maximum atomic E-state index is 6.36. The molecule has 0 saturated heterocycles. The Labute approximate surface area is 171 Å². The number of aromatic nitrogens is 4. The summed E-state index contributed by atoms with van der Waals surface area (Å²) in [6, 6.07) is 3.76. The van der Waals surface area contributed by atoms with E-state index in [4.69, 9.17) is 16.3 Å². The summed E-state index contributed by atoms with van der Waals surface area (Å²) in [4.78, 5) is 17.0. The Morgan fingerprint density at radius 2 is 2.00 bits per heavy atom. The summed E-state index contributed by atoms with van der Waals surface area (Å²) < 4.78 is 6.04. The fourth-order valence-electron chi connectivity index (χ4n) is 3.29. The molecular formula is C20H30N8O. The van der Waals surface area contributed by atoms with Crippen molar-refractivity contribution in [2.24, 2.45) is 11.6 Å². The molecule has 1 saturated carbocycles. The minimum atomic E-state index is 0.285. The molecular weight excluding hydrogens is 368 g/mol. The summed E-state index contributed by atoms with van der Waals surface area (Å²) in [6.07, 6.45) is 10.2. The van der Waals surface area contributed by atoms with Crippen molar-refractivity contribution >= 4 is 11.6 Å². The Balaban J connectivity index is 1.69. The zero-order valence-corrected chi connectivity index (χ0v) is 17.1. The lowest BCUT2D eigenvalue weighted by molar-refractivity contribution is 0.154. The van der Waals surface area contributed by atoms with Gasteiger partial charge in [0.1, 0.15) is 17.9 Å². The largest absolute Gasteiger partial charge is 0.489 e. The second-order valence-electron chi connectivity index (χ2n) is 7.16. The van der Waals surface area contributed by atoms with Crippen molar-refractivity contribution in [2.75, 3.05) is 18.9 Å². The standard InChI is InChI=1S/C20H30N8O/c1-3-18-25-13-26-20(27-18)24-12-17(28(2)22)19(21)16-10-9-15(11-23-16)29-14-7-5-4-6-8-14/h9-11,13-14H,3-8,12,21-22H2,1-2H3,(H,24,25,26,27)/b19-17-. The van der Waals surface area contributed by atoms with E-state index in [1.54, 1.807) is 13.2 Å². The highest BCUT2D eigenvalue weighted by Crippen LogP contribution is 2.23. The van der Waals surface area contributed by atoms with E-state index in [0.29, 0.717) is 29.6 Å². The highest BCUT2D eigenvalue weighted by Gasteiger charge is 2.16. The van der Waals surface area contributed by atoms with Crippen LogP contribution in [0.15, 0.2) is 30.4 Å². The molecule has 0 amide bonds. The highest BCUT2D eigenvalue weighted by atomic mass is 16.5. The van der Waals surface area contributed by atoms with E-state index < -0.39 is 0 Å². The number of hydrogen-bond acceptors (Lipinski definition) is 9. The molecule has 3 rings (SSSR count). The Morgan fingerprint density at radius 1 is 1.21 bits per heavy atom. The number of likely N-dealkylation sites (N-methyl/N-ethyl adjacent to an activating group) is 1. The van der Waals surface area contributed by atoms with Gasteiger partial charge >= 0.3 is 0 Å². The molecule has 1 aliphatic carbocycles. The maximum Gasteiger partial charge on any atom is 0.226 e. The van der Waals surface area contributed by atoms with Gasteiger partial charge in [-0.1, -0.05) is 13.3 Å². The topological polar surface area (TPSA) is 128 Å². The molecule has 156 valence electrons. The maximum absolute atomic E-state index is 6.36. The summed E-state index contributed by atoms with van der Waals surface area (Å²) in [5, 5.41) is 4.61. The van der Waals surface area contributed by atoms with Crippen LogP contribution in [-0.4, -0.2) is 44.6 Å². The van der Waals surface area contributed by atoms with Gasteiger partial charge in [0.2, 0.25) is 5.95 Å². The second-order valence-corrected chi connectivity index (χ2v) is 7.16. The number of aryl methyl sites for hydroxylation is 1. The lowest BCUT2D eigenvalue weighted by atomic mass is 9.98. The Bertz CT molecular complexity index is 815. The third-order valence-electron chi connectivity index (χ3n) is 4.96. The monoisotopic (exact) mass is 398 g/mol. The van der Waals surface area contributed by atoms with E-state index in [-0.39, 0.29) is 6.10 Å². The van der Waals surface area contributed by atoms with Gasteiger partial charge in [-0.2, -0.15) is 4.98 Å². The van der Waals surface area contributed by atoms with Crippen LogP contribution >= 0.6 is 0 Å². The molecule has 2 heterocycles. The van der Waals surface area contributed by atoms with Crippen molar-refractivity contribution < 1.29 is 4.74 Å². The van der Waals surface area contributed by atoms with Crippen LogP contribution in [-0.2, 0) is 6.42 Å². The van der Waals surface area contributed by atoms with Crippen molar-refractivity contribution in [3.63, 3.8) is 0 Å². The van der Waals surface area contributed by atoms with E-state index in [2.05, 4.69) is 25.3 Å². The number of anilines is 1. The molecule has 9 nitrogen and oxygen atoms in total.